The number of rotatable bonds is 2. The molecular formula is C12H12INO2S. The van der Waals surface area contributed by atoms with Crippen LogP contribution in [0.3, 0.4) is 0 Å². The number of hydrogen-bond donors (Lipinski definition) is 0. The number of anilines is 1. The molecule has 1 aliphatic heterocycles. The van der Waals surface area contributed by atoms with Crippen molar-refractivity contribution in [3.8, 4) is 0 Å². The summed E-state index contributed by atoms with van der Waals surface area (Å²) in [5, 5.41) is 0.170. The van der Waals surface area contributed by atoms with E-state index in [9.17, 15) is 9.59 Å². The number of amides is 1. The van der Waals surface area contributed by atoms with Crippen LogP contribution in [0.1, 0.15) is 13.3 Å². The molecule has 0 radical (unpaired) electrons. The summed E-state index contributed by atoms with van der Waals surface area (Å²) < 4.78 is 1.06. The molecule has 0 aliphatic carbocycles. The number of hydrogen-bond acceptors (Lipinski definition) is 3. The van der Waals surface area contributed by atoms with E-state index in [1.54, 1.807) is 11.8 Å². The molecule has 90 valence electrons. The van der Waals surface area contributed by atoms with E-state index in [1.165, 1.54) is 11.8 Å². The van der Waals surface area contributed by atoms with Crippen molar-refractivity contribution in [3.05, 3.63) is 27.8 Å². The van der Waals surface area contributed by atoms with Gasteiger partial charge < -0.3 is 4.90 Å². The first-order valence-corrected chi connectivity index (χ1v) is 7.26. The standard InChI is InChI=1S/C12H12INO2S/c1-8(15)17-9-6-12(16)14(7-9)11-5-3-2-4-10(11)13/h2-5,9H,6-7H2,1H3. The molecule has 0 saturated carbocycles. The maximum absolute atomic E-state index is 11.9. The maximum Gasteiger partial charge on any atom is 0.228 e. The van der Waals surface area contributed by atoms with Crippen LogP contribution in [0.15, 0.2) is 24.3 Å². The minimum atomic E-state index is 0.0763. The van der Waals surface area contributed by atoms with Crippen LogP contribution >= 0.6 is 34.4 Å². The van der Waals surface area contributed by atoms with Gasteiger partial charge in [0.2, 0.25) is 5.91 Å². The van der Waals surface area contributed by atoms with Crippen LogP contribution in [0.4, 0.5) is 5.69 Å². The summed E-state index contributed by atoms with van der Waals surface area (Å²) in [6.45, 7) is 2.17. The molecule has 1 heterocycles. The van der Waals surface area contributed by atoms with Crippen LogP contribution in [0, 0.1) is 3.57 Å². The molecule has 17 heavy (non-hydrogen) atoms. The van der Waals surface area contributed by atoms with Crippen LogP contribution in [0.5, 0.6) is 0 Å². The van der Waals surface area contributed by atoms with Crippen LogP contribution < -0.4 is 4.90 Å². The summed E-state index contributed by atoms with van der Waals surface area (Å²) in [6, 6.07) is 7.80. The smallest absolute Gasteiger partial charge is 0.228 e. The van der Waals surface area contributed by atoms with Crippen molar-refractivity contribution in [3.63, 3.8) is 0 Å². The number of carbonyl (C=O) groups excluding carboxylic acids is 2. The first kappa shape index (κ1) is 12.9. The van der Waals surface area contributed by atoms with E-state index in [2.05, 4.69) is 22.6 Å². The highest BCUT2D eigenvalue weighted by Crippen LogP contribution is 2.31. The van der Waals surface area contributed by atoms with Gasteiger partial charge in [0.05, 0.1) is 5.69 Å². The molecule has 1 fully saturated rings. The summed E-state index contributed by atoms with van der Waals surface area (Å²) in [5.74, 6) is 0.105. The van der Waals surface area contributed by atoms with Crippen molar-refractivity contribution >= 4 is 51.1 Å². The van der Waals surface area contributed by atoms with Crippen molar-refractivity contribution in [2.24, 2.45) is 0 Å². The van der Waals surface area contributed by atoms with Crippen molar-refractivity contribution in [1.29, 1.82) is 0 Å². The van der Waals surface area contributed by atoms with Gasteiger partial charge in [0.1, 0.15) is 0 Å². The molecule has 1 amide bonds. The zero-order valence-electron chi connectivity index (χ0n) is 9.35. The normalized spacial score (nSPS) is 19.8. The van der Waals surface area contributed by atoms with Crippen LogP contribution in [-0.4, -0.2) is 22.8 Å². The zero-order valence-corrected chi connectivity index (χ0v) is 12.3. The van der Waals surface area contributed by atoms with Crippen molar-refractivity contribution < 1.29 is 9.59 Å². The summed E-state index contributed by atoms with van der Waals surface area (Å²) in [7, 11) is 0. The summed E-state index contributed by atoms with van der Waals surface area (Å²) in [4.78, 5) is 24.7. The third kappa shape index (κ3) is 3.01. The third-order valence-electron chi connectivity index (χ3n) is 2.57. The highest BCUT2D eigenvalue weighted by atomic mass is 127. The molecule has 2 rings (SSSR count). The minimum Gasteiger partial charge on any atom is -0.310 e. The average molecular weight is 361 g/mol. The molecule has 1 aromatic rings. The zero-order chi connectivity index (χ0) is 12.4. The predicted molar refractivity (Wildman–Crippen MR) is 78.2 cm³/mol. The first-order valence-electron chi connectivity index (χ1n) is 5.30. The number of carbonyl (C=O) groups is 2. The second-order valence-corrected chi connectivity index (χ2v) is 6.53. The van der Waals surface area contributed by atoms with Gasteiger partial charge in [0, 0.05) is 28.7 Å². The van der Waals surface area contributed by atoms with Gasteiger partial charge in [-0.15, -0.1) is 0 Å². The van der Waals surface area contributed by atoms with Crippen LogP contribution in [0.25, 0.3) is 0 Å². The summed E-state index contributed by atoms with van der Waals surface area (Å²) >= 11 is 3.49. The molecule has 1 unspecified atom stereocenters. The van der Waals surface area contributed by atoms with Gasteiger partial charge in [0.15, 0.2) is 5.12 Å². The summed E-state index contributed by atoms with van der Waals surface area (Å²) in [6.07, 6.45) is 0.454. The molecule has 0 aromatic heterocycles. The molecule has 1 saturated heterocycles. The second kappa shape index (κ2) is 5.39. The number of para-hydroxylation sites is 1. The fraction of sp³-hybridized carbons (Fsp3) is 0.333. The Labute approximate surface area is 118 Å². The highest BCUT2D eigenvalue weighted by Gasteiger charge is 2.32. The van der Waals surface area contributed by atoms with Gasteiger partial charge in [-0.25, -0.2) is 0 Å². The lowest BCUT2D eigenvalue weighted by molar-refractivity contribution is -0.117. The Morgan fingerprint density at radius 1 is 1.47 bits per heavy atom. The largest absolute Gasteiger partial charge is 0.310 e. The number of benzene rings is 1. The molecule has 1 aliphatic rings. The van der Waals surface area contributed by atoms with E-state index < -0.39 is 0 Å². The Morgan fingerprint density at radius 2 is 2.18 bits per heavy atom. The molecule has 1 atom stereocenters. The van der Waals surface area contributed by atoms with Crippen LogP contribution in [-0.2, 0) is 9.59 Å². The highest BCUT2D eigenvalue weighted by molar-refractivity contribution is 14.1. The Kier molecular flexibility index (Phi) is 4.09. The van der Waals surface area contributed by atoms with Gasteiger partial charge >= 0.3 is 0 Å². The molecule has 5 heteroatoms. The lowest BCUT2D eigenvalue weighted by Crippen LogP contribution is -2.25. The Hall–Kier alpha value is -0.560. The van der Waals surface area contributed by atoms with Gasteiger partial charge in [-0.3, -0.25) is 9.59 Å². The van der Waals surface area contributed by atoms with E-state index in [1.807, 2.05) is 24.3 Å². The monoisotopic (exact) mass is 361 g/mol. The lowest BCUT2D eigenvalue weighted by Gasteiger charge is -2.17. The van der Waals surface area contributed by atoms with Crippen molar-refractivity contribution in [2.75, 3.05) is 11.4 Å². The predicted octanol–water partition coefficient (Wildman–Crippen LogP) is 2.68. The summed E-state index contributed by atoms with van der Waals surface area (Å²) in [5.41, 5.74) is 0.949. The second-order valence-electron chi connectivity index (χ2n) is 3.89. The Balaban J connectivity index is 2.16. The molecular weight excluding hydrogens is 349 g/mol. The van der Waals surface area contributed by atoms with Crippen LogP contribution in [0.2, 0.25) is 0 Å². The molecule has 0 N–H and O–H groups in total. The van der Waals surface area contributed by atoms with E-state index in [4.69, 9.17) is 0 Å². The van der Waals surface area contributed by atoms with E-state index >= 15 is 0 Å². The van der Waals surface area contributed by atoms with E-state index in [0.717, 1.165) is 9.26 Å². The molecule has 0 spiro atoms. The molecule has 1 aromatic carbocycles. The maximum atomic E-state index is 11.9. The van der Waals surface area contributed by atoms with Gasteiger partial charge in [-0.1, -0.05) is 23.9 Å². The number of thioether (sulfide) groups is 1. The average Bonchev–Trinajstić information content (AvgIpc) is 2.59. The quantitative estimate of drug-likeness (QED) is 0.761. The SMILES string of the molecule is CC(=O)SC1CC(=O)N(c2ccccc2I)C1. The fourth-order valence-corrected chi connectivity index (χ4v) is 3.49. The first-order chi connectivity index (χ1) is 8.08. The van der Waals surface area contributed by atoms with Gasteiger partial charge in [-0.05, 0) is 34.7 Å². The molecule has 3 nitrogen and oxygen atoms in total. The van der Waals surface area contributed by atoms with Crippen molar-refractivity contribution in [2.45, 2.75) is 18.6 Å². The topological polar surface area (TPSA) is 37.4 Å². The van der Waals surface area contributed by atoms with Crippen molar-refractivity contribution in [1.82, 2.24) is 0 Å². The van der Waals surface area contributed by atoms with Gasteiger partial charge in [-0.2, -0.15) is 0 Å². The lowest BCUT2D eigenvalue weighted by atomic mass is 10.3. The number of nitrogens with zero attached hydrogens (tertiary/aromatic N) is 1. The van der Waals surface area contributed by atoms with Gasteiger partial charge in [0.25, 0.3) is 0 Å². The Bertz CT molecular complexity index is 464. The fourth-order valence-electron chi connectivity index (χ4n) is 1.89. The number of halogens is 1. The molecule has 0 bridgehead atoms. The Morgan fingerprint density at radius 3 is 2.82 bits per heavy atom. The van der Waals surface area contributed by atoms with E-state index in [-0.39, 0.29) is 16.3 Å². The van der Waals surface area contributed by atoms with E-state index in [0.29, 0.717) is 13.0 Å². The minimum absolute atomic E-state index is 0.0763. The third-order valence-corrected chi connectivity index (χ3v) is 4.46.